The van der Waals surface area contributed by atoms with Gasteiger partial charge in [0, 0.05) is 30.1 Å². The number of amides is 1. The number of rotatable bonds is 5. The van der Waals surface area contributed by atoms with Crippen molar-refractivity contribution in [2.75, 3.05) is 25.4 Å². The summed E-state index contributed by atoms with van der Waals surface area (Å²) in [5, 5.41) is 10.5. The predicted octanol–water partition coefficient (Wildman–Crippen LogP) is 1.49. The second-order valence-corrected chi connectivity index (χ2v) is 5.82. The van der Waals surface area contributed by atoms with Gasteiger partial charge < -0.3 is 10.6 Å². The van der Waals surface area contributed by atoms with Gasteiger partial charge in [-0.05, 0) is 31.0 Å². The van der Waals surface area contributed by atoms with Gasteiger partial charge in [0.05, 0.1) is 10.7 Å². The largest absolute Gasteiger partial charge is 0.342 e. The Kier molecular flexibility index (Phi) is 4.97. The summed E-state index contributed by atoms with van der Waals surface area (Å²) in [5.41, 5.74) is 5.66. The Morgan fingerprint density at radius 3 is 2.70 bits per heavy atom. The van der Waals surface area contributed by atoms with Crippen molar-refractivity contribution in [3.8, 4) is 0 Å². The van der Waals surface area contributed by atoms with Gasteiger partial charge in [-0.15, -0.1) is 11.8 Å². The molecule has 2 rings (SSSR count). The maximum Gasteiger partial charge on any atom is 0.269 e. The number of benzene rings is 1. The molecule has 0 aliphatic carbocycles. The number of nitro groups is 1. The molecule has 108 valence electrons. The summed E-state index contributed by atoms with van der Waals surface area (Å²) in [6.07, 6.45) is 0.977. The van der Waals surface area contributed by atoms with Crippen molar-refractivity contribution in [2.45, 2.75) is 11.3 Å². The molecule has 1 fully saturated rings. The Balaban J connectivity index is 1.83. The van der Waals surface area contributed by atoms with Crippen LogP contribution in [0.3, 0.4) is 0 Å². The van der Waals surface area contributed by atoms with E-state index < -0.39 is 4.92 Å². The summed E-state index contributed by atoms with van der Waals surface area (Å²) in [4.78, 5) is 24.8. The first-order valence-corrected chi connectivity index (χ1v) is 7.44. The Bertz CT molecular complexity index is 492. The molecule has 20 heavy (non-hydrogen) atoms. The van der Waals surface area contributed by atoms with E-state index in [1.165, 1.54) is 23.9 Å². The van der Waals surface area contributed by atoms with Crippen LogP contribution in [0.2, 0.25) is 0 Å². The quantitative estimate of drug-likeness (QED) is 0.505. The minimum atomic E-state index is -0.434. The van der Waals surface area contributed by atoms with Crippen molar-refractivity contribution >= 4 is 23.4 Å². The maximum absolute atomic E-state index is 12.0. The molecule has 0 radical (unpaired) electrons. The molecule has 0 aromatic heterocycles. The number of hydrogen-bond acceptors (Lipinski definition) is 5. The van der Waals surface area contributed by atoms with Crippen LogP contribution in [0.25, 0.3) is 0 Å². The average molecular weight is 295 g/mol. The molecule has 1 aliphatic rings. The first kappa shape index (κ1) is 14.8. The van der Waals surface area contributed by atoms with Crippen molar-refractivity contribution in [3.63, 3.8) is 0 Å². The third kappa shape index (κ3) is 3.71. The van der Waals surface area contributed by atoms with Crippen LogP contribution in [0.15, 0.2) is 29.2 Å². The molecule has 1 aromatic rings. The van der Waals surface area contributed by atoms with E-state index in [-0.39, 0.29) is 11.6 Å². The van der Waals surface area contributed by atoms with Crippen LogP contribution in [0.1, 0.15) is 6.42 Å². The third-order valence-electron chi connectivity index (χ3n) is 3.38. The van der Waals surface area contributed by atoms with Crippen LogP contribution in [-0.4, -0.2) is 41.1 Å². The molecule has 6 nitrogen and oxygen atoms in total. The Morgan fingerprint density at radius 1 is 1.45 bits per heavy atom. The third-order valence-corrected chi connectivity index (χ3v) is 4.38. The summed E-state index contributed by atoms with van der Waals surface area (Å²) < 4.78 is 0. The van der Waals surface area contributed by atoms with Gasteiger partial charge >= 0.3 is 0 Å². The number of non-ortho nitro benzene ring substituents is 1. The molecule has 1 saturated heterocycles. The molecule has 0 saturated carbocycles. The molecule has 1 unspecified atom stereocenters. The molecular formula is C13H17N3O3S. The lowest BCUT2D eigenvalue weighted by Crippen LogP contribution is -2.31. The molecule has 7 heteroatoms. The predicted molar refractivity (Wildman–Crippen MR) is 77.6 cm³/mol. The van der Waals surface area contributed by atoms with Gasteiger partial charge in [-0.25, -0.2) is 0 Å². The average Bonchev–Trinajstić information content (AvgIpc) is 2.94. The van der Waals surface area contributed by atoms with Crippen LogP contribution in [0, 0.1) is 16.0 Å². The minimum absolute atomic E-state index is 0.0611. The lowest BCUT2D eigenvalue weighted by atomic mass is 10.1. The van der Waals surface area contributed by atoms with E-state index >= 15 is 0 Å². The van der Waals surface area contributed by atoms with Crippen molar-refractivity contribution in [1.82, 2.24) is 4.90 Å². The van der Waals surface area contributed by atoms with Crippen molar-refractivity contribution in [2.24, 2.45) is 11.7 Å². The number of hydrogen-bond donors (Lipinski definition) is 1. The van der Waals surface area contributed by atoms with Gasteiger partial charge in [0.25, 0.3) is 5.69 Å². The molecule has 1 heterocycles. The zero-order valence-corrected chi connectivity index (χ0v) is 11.8. The number of nitro benzene ring substituents is 1. The van der Waals surface area contributed by atoms with E-state index in [0.717, 1.165) is 24.4 Å². The molecule has 1 aliphatic heterocycles. The fourth-order valence-corrected chi connectivity index (χ4v) is 2.95. The van der Waals surface area contributed by atoms with Gasteiger partial charge in [0.2, 0.25) is 5.91 Å². The Hall–Kier alpha value is -1.60. The summed E-state index contributed by atoms with van der Waals surface area (Å²) >= 11 is 1.40. The Morgan fingerprint density at radius 2 is 2.15 bits per heavy atom. The number of nitrogens with two attached hydrogens (primary N) is 1. The topological polar surface area (TPSA) is 89.5 Å². The van der Waals surface area contributed by atoms with E-state index in [1.807, 2.05) is 4.90 Å². The first-order valence-electron chi connectivity index (χ1n) is 6.45. The van der Waals surface area contributed by atoms with Crippen LogP contribution in [-0.2, 0) is 4.79 Å². The van der Waals surface area contributed by atoms with E-state index in [2.05, 4.69) is 0 Å². The Labute approximate surface area is 121 Å². The normalized spacial score (nSPS) is 18.2. The summed E-state index contributed by atoms with van der Waals surface area (Å²) in [5.74, 6) is 0.877. The number of likely N-dealkylation sites (tertiary alicyclic amines) is 1. The molecule has 0 bridgehead atoms. The standard InChI is InChI=1S/C13H17N3O3S/c14-7-10-5-6-15(8-10)13(17)9-20-12-3-1-11(2-4-12)16(18)19/h1-4,10H,5-9,14H2. The van der Waals surface area contributed by atoms with Crippen molar-refractivity contribution in [3.05, 3.63) is 34.4 Å². The SMILES string of the molecule is NCC1CCN(C(=O)CSc2ccc([N+](=O)[O-])cc2)C1. The highest BCUT2D eigenvalue weighted by atomic mass is 32.2. The number of nitrogens with zero attached hydrogens (tertiary/aromatic N) is 2. The monoisotopic (exact) mass is 295 g/mol. The van der Waals surface area contributed by atoms with E-state index in [9.17, 15) is 14.9 Å². The summed E-state index contributed by atoms with van der Waals surface area (Å²) in [7, 11) is 0. The highest BCUT2D eigenvalue weighted by Gasteiger charge is 2.24. The number of carbonyl (C=O) groups is 1. The zero-order valence-electron chi connectivity index (χ0n) is 11.0. The van der Waals surface area contributed by atoms with Crippen LogP contribution < -0.4 is 5.73 Å². The van der Waals surface area contributed by atoms with Gasteiger partial charge in [-0.3, -0.25) is 14.9 Å². The number of carbonyl (C=O) groups excluding carboxylic acids is 1. The van der Waals surface area contributed by atoms with Crippen LogP contribution in [0.4, 0.5) is 5.69 Å². The second-order valence-electron chi connectivity index (χ2n) is 4.77. The van der Waals surface area contributed by atoms with Crippen LogP contribution >= 0.6 is 11.8 Å². The van der Waals surface area contributed by atoms with Gasteiger partial charge in [-0.1, -0.05) is 0 Å². The highest BCUT2D eigenvalue weighted by molar-refractivity contribution is 8.00. The van der Waals surface area contributed by atoms with Gasteiger partial charge in [-0.2, -0.15) is 0 Å². The fraction of sp³-hybridized carbons (Fsp3) is 0.462. The lowest BCUT2D eigenvalue weighted by molar-refractivity contribution is -0.384. The van der Waals surface area contributed by atoms with E-state index in [0.29, 0.717) is 18.2 Å². The summed E-state index contributed by atoms with van der Waals surface area (Å²) in [6, 6.07) is 6.24. The number of thioether (sulfide) groups is 1. The van der Waals surface area contributed by atoms with Crippen LogP contribution in [0.5, 0.6) is 0 Å². The molecule has 2 N–H and O–H groups in total. The fourth-order valence-electron chi connectivity index (χ4n) is 2.15. The highest BCUT2D eigenvalue weighted by Crippen LogP contribution is 2.23. The van der Waals surface area contributed by atoms with Crippen molar-refractivity contribution in [1.29, 1.82) is 0 Å². The summed E-state index contributed by atoms with van der Waals surface area (Å²) in [6.45, 7) is 2.15. The first-order chi connectivity index (χ1) is 9.60. The van der Waals surface area contributed by atoms with E-state index in [4.69, 9.17) is 5.73 Å². The molecular weight excluding hydrogens is 278 g/mol. The molecule has 0 spiro atoms. The van der Waals surface area contributed by atoms with E-state index in [1.54, 1.807) is 12.1 Å². The maximum atomic E-state index is 12.0. The molecule has 1 atom stereocenters. The molecule has 1 aromatic carbocycles. The molecule has 1 amide bonds. The second kappa shape index (κ2) is 6.71. The van der Waals surface area contributed by atoms with Gasteiger partial charge in [0.15, 0.2) is 0 Å². The lowest BCUT2D eigenvalue weighted by Gasteiger charge is -2.15. The smallest absolute Gasteiger partial charge is 0.269 e. The minimum Gasteiger partial charge on any atom is -0.342 e. The van der Waals surface area contributed by atoms with Crippen molar-refractivity contribution < 1.29 is 9.72 Å². The zero-order chi connectivity index (χ0) is 14.5. The van der Waals surface area contributed by atoms with Gasteiger partial charge in [0.1, 0.15) is 0 Å².